The van der Waals surface area contributed by atoms with Gasteiger partial charge in [0.2, 0.25) is 15.9 Å². The molecule has 1 aliphatic heterocycles. The molecule has 3 N–H and O–H groups in total. The zero-order chi connectivity index (χ0) is 20.6. The number of sulfonamides is 1. The molecule has 29 heavy (non-hydrogen) atoms. The van der Waals surface area contributed by atoms with Crippen LogP contribution in [0.1, 0.15) is 6.92 Å². The van der Waals surface area contributed by atoms with Crippen LogP contribution in [0.3, 0.4) is 0 Å². The van der Waals surface area contributed by atoms with Gasteiger partial charge >= 0.3 is 6.09 Å². The van der Waals surface area contributed by atoms with E-state index in [9.17, 15) is 13.2 Å². The number of amides is 1. The van der Waals surface area contributed by atoms with Gasteiger partial charge in [0.15, 0.2) is 0 Å². The maximum atomic E-state index is 13.0. The maximum absolute atomic E-state index is 13.0. The van der Waals surface area contributed by atoms with Crippen LogP contribution >= 0.6 is 0 Å². The summed E-state index contributed by atoms with van der Waals surface area (Å²) >= 11 is 0. The third kappa shape index (κ3) is 3.59. The summed E-state index contributed by atoms with van der Waals surface area (Å²) in [5, 5.41) is 1.24. The number of benzene rings is 1. The number of nitrogens with one attached hydrogen (secondary N) is 1. The predicted octanol–water partition coefficient (Wildman–Crippen LogP) is 1.59. The fourth-order valence-electron chi connectivity index (χ4n) is 3.31. The Labute approximate surface area is 166 Å². The van der Waals surface area contributed by atoms with Gasteiger partial charge in [0, 0.05) is 35.4 Å². The summed E-state index contributed by atoms with van der Waals surface area (Å²) in [7, 11) is -3.66. The van der Waals surface area contributed by atoms with E-state index in [1.54, 1.807) is 25.1 Å². The van der Waals surface area contributed by atoms with Gasteiger partial charge in [-0.3, -0.25) is 0 Å². The zero-order valence-electron chi connectivity index (χ0n) is 15.7. The molecule has 1 saturated heterocycles. The molecule has 0 atom stereocenters. The molecule has 0 aliphatic carbocycles. The standard InChI is InChI=1S/C18H20N4O6S/c1-2-27-15-10-13-12-9-11(29(24,25)22-5-7-26-8-6-22)3-4-14(12)20-16(13)17(21-15)28-18(19)23/h3-4,9-10,20H,2,5-8H2,1H3,(H2,19,23). The number of fused-ring (bicyclic) bond motifs is 3. The lowest BCUT2D eigenvalue weighted by Gasteiger charge is -2.26. The van der Waals surface area contributed by atoms with Gasteiger partial charge < -0.3 is 24.9 Å². The molecule has 2 aromatic heterocycles. The molecular formula is C18H20N4O6S. The van der Waals surface area contributed by atoms with Gasteiger partial charge in [0.1, 0.15) is 5.52 Å². The monoisotopic (exact) mass is 420 g/mol. The van der Waals surface area contributed by atoms with Gasteiger partial charge in [-0.15, -0.1) is 0 Å². The van der Waals surface area contributed by atoms with Crippen LogP contribution in [0.15, 0.2) is 29.2 Å². The first-order chi connectivity index (χ1) is 13.9. The molecule has 0 bridgehead atoms. The summed E-state index contributed by atoms with van der Waals surface area (Å²) in [6.45, 7) is 3.50. The minimum absolute atomic E-state index is 0.0350. The molecule has 11 heteroatoms. The summed E-state index contributed by atoms with van der Waals surface area (Å²) in [5.74, 6) is 0.200. The van der Waals surface area contributed by atoms with Crippen molar-refractivity contribution in [3.8, 4) is 11.8 Å². The number of pyridine rings is 1. The van der Waals surface area contributed by atoms with E-state index in [1.165, 1.54) is 10.4 Å². The maximum Gasteiger partial charge on any atom is 0.411 e. The number of ether oxygens (including phenoxy) is 3. The Kier molecular flexibility index (Phi) is 5.03. The zero-order valence-corrected chi connectivity index (χ0v) is 16.5. The highest BCUT2D eigenvalue weighted by Crippen LogP contribution is 2.35. The van der Waals surface area contributed by atoms with Crippen molar-refractivity contribution in [2.24, 2.45) is 5.73 Å². The Morgan fingerprint density at radius 2 is 2.03 bits per heavy atom. The van der Waals surface area contributed by atoms with E-state index >= 15 is 0 Å². The molecule has 0 radical (unpaired) electrons. The van der Waals surface area contributed by atoms with Gasteiger partial charge in [0.25, 0.3) is 5.88 Å². The number of hydrogen-bond acceptors (Lipinski definition) is 7. The van der Waals surface area contributed by atoms with E-state index in [4.69, 9.17) is 19.9 Å². The van der Waals surface area contributed by atoms with E-state index in [0.29, 0.717) is 54.7 Å². The number of primary amides is 1. The fourth-order valence-corrected chi connectivity index (χ4v) is 4.74. The summed E-state index contributed by atoms with van der Waals surface area (Å²) in [4.78, 5) is 18.7. The molecule has 3 aromatic rings. The van der Waals surface area contributed by atoms with E-state index in [-0.39, 0.29) is 16.7 Å². The molecule has 4 rings (SSSR count). The third-order valence-corrected chi connectivity index (χ3v) is 6.50. The Morgan fingerprint density at radius 1 is 1.28 bits per heavy atom. The van der Waals surface area contributed by atoms with Gasteiger partial charge in [-0.05, 0) is 25.1 Å². The molecule has 1 aliphatic rings. The molecule has 0 unspecified atom stereocenters. The molecule has 1 amide bonds. The van der Waals surface area contributed by atoms with Crippen molar-refractivity contribution >= 4 is 37.9 Å². The molecule has 1 fully saturated rings. The summed E-state index contributed by atoms with van der Waals surface area (Å²) in [6.07, 6.45) is -1.01. The Balaban J connectivity index is 1.88. The number of nitrogens with zero attached hydrogens (tertiary/aromatic N) is 2. The minimum atomic E-state index is -3.66. The highest BCUT2D eigenvalue weighted by atomic mass is 32.2. The van der Waals surface area contributed by atoms with Crippen LogP contribution in [0.4, 0.5) is 4.79 Å². The van der Waals surface area contributed by atoms with Crippen LogP contribution in [0, 0.1) is 0 Å². The summed E-state index contributed by atoms with van der Waals surface area (Å²) in [5.41, 5.74) is 6.22. The summed E-state index contributed by atoms with van der Waals surface area (Å²) in [6, 6.07) is 6.45. The van der Waals surface area contributed by atoms with E-state index in [1.807, 2.05) is 0 Å². The summed E-state index contributed by atoms with van der Waals surface area (Å²) < 4.78 is 43.1. The van der Waals surface area contributed by atoms with Gasteiger partial charge in [-0.1, -0.05) is 0 Å². The number of nitrogens with two attached hydrogens (primary N) is 1. The lowest BCUT2D eigenvalue weighted by Crippen LogP contribution is -2.40. The quantitative estimate of drug-likeness (QED) is 0.639. The second-order valence-electron chi connectivity index (χ2n) is 6.39. The van der Waals surface area contributed by atoms with E-state index < -0.39 is 16.1 Å². The average Bonchev–Trinajstić information content (AvgIpc) is 3.07. The number of aromatic amines is 1. The van der Waals surface area contributed by atoms with Crippen molar-refractivity contribution in [1.29, 1.82) is 0 Å². The smallest absolute Gasteiger partial charge is 0.411 e. The molecule has 154 valence electrons. The SMILES string of the molecule is CCOc1cc2c([nH]c3ccc(S(=O)(=O)N4CCOCC4)cc32)c(OC(N)=O)n1. The Morgan fingerprint density at radius 3 is 2.72 bits per heavy atom. The number of carbonyl (C=O) groups is 1. The number of carbonyl (C=O) groups excluding carboxylic acids is 1. The van der Waals surface area contributed by atoms with Crippen molar-refractivity contribution in [3.63, 3.8) is 0 Å². The highest BCUT2D eigenvalue weighted by molar-refractivity contribution is 7.89. The molecular weight excluding hydrogens is 400 g/mol. The van der Waals surface area contributed by atoms with Crippen molar-refractivity contribution in [2.75, 3.05) is 32.9 Å². The first-order valence-corrected chi connectivity index (χ1v) is 10.5. The predicted molar refractivity (Wildman–Crippen MR) is 105 cm³/mol. The molecule has 0 spiro atoms. The van der Waals surface area contributed by atoms with E-state index in [0.717, 1.165) is 0 Å². The lowest BCUT2D eigenvalue weighted by molar-refractivity contribution is 0.0730. The van der Waals surface area contributed by atoms with Crippen LogP contribution in [0.5, 0.6) is 11.8 Å². The number of rotatable bonds is 5. The Bertz CT molecular complexity index is 1180. The molecule has 10 nitrogen and oxygen atoms in total. The number of aromatic nitrogens is 2. The van der Waals surface area contributed by atoms with Crippen LogP contribution in [0.25, 0.3) is 21.8 Å². The topological polar surface area (TPSA) is 137 Å². The van der Waals surface area contributed by atoms with Crippen molar-refractivity contribution in [3.05, 3.63) is 24.3 Å². The average molecular weight is 420 g/mol. The second-order valence-corrected chi connectivity index (χ2v) is 8.33. The lowest BCUT2D eigenvalue weighted by atomic mass is 10.2. The number of hydrogen-bond donors (Lipinski definition) is 2. The molecule has 0 saturated carbocycles. The first-order valence-electron chi connectivity index (χ1n) is 9.04. The fraction of sp³-hybridized carbons (Fsp3) is 0.333. The van der Waals surface area contributed by atoms with Crippen LogP contribution in [0.2, 0.25) is 0 Å². The van der Waals surface area contributed by atoms with Gasteiger partial charge in [-0.25, -0.2) is 13.2 Å². The van der Waals surface area contributed by atoms with Crippen molar-refractivity contribution < 1.29 is 27.4 Å². The first kappa shape index (κ1) is 19.4. The van der Waals surface area contributed by atoms with Crippen LogP contribution in [-0.2, 0) is 14.8 Å². The largest absolute Gasteiger partial charge is 0.478 e. The number of morpholine rings is 1. The van der Waals surface area contributed by atoms with Crippen LogP contribution in [-0.4, -0.2) is 61.7 Å². The normalized spacial score (nSPS) is 15.6. The molecule has 3 heterocycles. The highest BCUT2D eigenvalue weighted by Gasteiger charge is 2.27. The van der Waals surface area contributed by atoms with Gasteiger partial charge in [-0.2, -0.15) is 9.29 Å². The third-order valence-electron chi connectivity index (χ3n) is 4.60. The van der Waals surface area contributed by atoms with Crippen molar-refractivity contribution in [1.82, 2.24) is 14.3 Å². The van der Waals surface area contributed by atoms with Gasteiger partial charge in [0.05, 0.1) is 24.7 Å². The molecule has 1 aromatic carbocycles. The Hall–Kier alpha value is -2.89. The van der Waals surface area contributed by atoms with Crippen molar-refractivity contribution in [2.45, 2.75) is 11.8 Å². The van der Waals surface area contributed by atoms with E-state index in [2.05, 4.69) is 9.97 Å². The minimum Gasteiger partial charge on any atom is -0.478 e. The number of H-pyrrole nitrogens is 1. The second kappa shape index (κ2) is 7.50. The van der Waals surface area contributed by atoms with Crippen LogP contribution < -0.4 is 15.2 Å².